The minimum Gasteiger partial charge on any atom is -0.303 e. The Morgan fingerprint density at radius 3 is 2.57 bits per heavy atom. The summed E-state index contributed by atoms with van der Waals surface area (Å²) < 4.78 is 0. The first-order valence-corrected chi connectivity index (χ1v) is 8.51. The lowest BCUT2D eigenvalue weighted by Crippen LogP contribution is -2.20. The summed E-state index contributed by atoms with van der Waals surface area (Å²) in [6.45, 7) is 6.23. The number of rotatable bonds is 5. The van der Waals surface area contributed by atoms with Crippen LogP contribution in [-0.4, -0.2) is 24.5 Å². The first kappa shape index (κ1) is 14.6. The van der Waals surface area contributed by atoms with E-state index in [-0.39, 0.29) is 0 Å². The second-order valence-corrected chi connectivity index (χ2v) is 6.54. The van der Waals surface area contributed by atoms with Gasteiger partial charge in [0.25, 0.3) is 0 Å². The molecule has 1 heteroatoms. The highest BCUT2D eigenvalue weighted by Crippen LogP contribution is 2.29. The first-order valence-electron chi connectivity index (χ1n) is 8.51. The van der Waals surface area contributed by atoms with Crippen molar-refractivity contribution in [3.8, 4) is 0 Å². The van der Waals surface area contributed by atoms with Crippen molar-refractivity contribution in [1.82, 2.24) is 4.90 Å². The van der Waals surface area contributed by atoms with Crippen LogP contribution in [0.4, 0.5) is 0 Å². The molecule has 1 aliphatic heterocycles. The Balaban J connectivity index is 1.54. The van der Waals surface area contributed by atoms with Crippen molar-refractivity contribution in [2.75, 3.05) is 19.6 Å². The Bertz CT molecular complexity index is 503. The molecule has 3 rings (SSSR count). The summed E-state index contributed by atoms with van der Waals surface area (Å²) in [6, 6.07) is 9.27. The molecule has 1 unspecified atom stereocenters. The zero-order valence-electron chi connectivity index (χ0n) is 13.2. The molecular formula is C20H27N. The second-order valence-electron chi connectivity index (χ2n) is 6.54. The Morgan fingerprint density at radius 2 is 1.86 bits per heavy atom. The summed E-state index contributed by atoms with van der Waals surface area (Å²) >= 11 is 0. The van der Waals surface area contributed by atoms with E-state index in [2.05, 4.69) is 54.3 Å². The predicted molar refractivity (Wildman–Crippen MR) is 91.3 cm³/mol. The normalized spacial score (nSPS) is 22.5. The van der Waals surface area contributed by atoms with E-state index in [1.54, 1.807) is 0 Å². The summed E-state index contributed by atoms with van der Waals surface area (Å²) in [6.07, 6.45) is 13.2. The van der Waals surface area contributed by atoms with Gasteiger partial charge in [-0.1, -0.05) is 49.4 Å². The monoisotopic (exact) mass is 281 g/mol. The van der Waals surface area contributed by atoms with Gasteiger partial charge in [0.1, 0.15) is 0 Å². The summed E-state index contributed by atoms with van der Waals surface area (Å²) in [7, 11) is 0. The molecule has 0 bridgehead atoms. The van der Waals surface area contributed by atoms with E-state index in [0.717, 1.165) is 0 Å². The first-order chi connectivity index (χ1) is 10.3. The highest BCUT2D eigenvalue weighted by atomic mass is 15.1. The molecule has 0 saturated carbocycles. The van der Waals surface area contributed by atoms with Crippen LogP contribution in [0.5, 0.6) is 0 Å². The van der Waals surface area contributed by atoms with Gasteiger partial charge in [0.05, 0.1) is 0 Å². The van der Waals surface area contributed by atoms with E-state index in [1.165, 1.54) is 68.4 Å². The summed E-state index contributed by atoms with van der Waals surface area (Å²) in [5.74, 6) is 0.649. The zero-order chi connectivity index (χ0) is 14.5. The van der Waals surface area contributed by atoms with Gasteiger partial charge in [-0.25, -0.2) is 0 Å². The van der Waals surface area contributed by atoms with Crippen LogP contribution in [-0.2, 0) is 6.42 Å². The molecule has 1 aliphatic carbocycles. The number of aryl methyl sites for hydroxylation is 1. The average molecular weight is 281 g/mol. The third kappa shape index (κ3) is 3.85. The molecule has 0 N–H and O–H groups in total. The number of allylic oxidation sites excluding steroid dienone is 4. The summed E-state index contributed by atoms with van der Waals surface area (Å²) in [5, 5.41) is 0. The fourth-order valence-electron chi connectivity index (χ4n) is 3.50. The van der Waals surface area contributed by atoms with Gasteiger partial charge in [-0.2, -0.15) is 0 Å². The molecule has 1 saturated heterocycles. The summed E-state index contributed by atoms with van der Waals surface area (Å²) in [5.41, 5.74) is 4.37. The smallest absolute Gasteiger partial charge is 0.00156 e. The van der Waals surface area contributed by atoms with Gasteiger partial charge in [0.15, 0.2) is 0 Å². The molecule has 112 valence electrons. The van der Waals surface area contributed by atoms with Crippen molar-refractivity contribution in [1.29, 1.82) is 0 Å². The highest BCUT2D eigenvalue weighted by Gasteiger charge is 2.12. The molecular weight excluding hydrogens is 254 g/mol. The van der Waals surface area contributed by atoms with E-state index < -0.39 is 0 Å². The SMILES string of the molecule is CC1CC=CC=C1c1ccc(CCCN2CCCC2)cc1. The molecule has 0 aromatic heterocycles. The zero-order valence-corrected chi connectivity index (χ0v) is 13.2. The fraction of sp³-hybridized carbons (Fsp3) is 0.500. The van der Waals surface area contributed by atoms with Crippen LogP contribution < -0.4 is 0 Å². The molecule has 0 radical (unpaired) electrons. The fourth-order valence-corrected chi connectivity index (χ4v) is 3.50. The van der Waals surface area contributed by atoms with E-state index in [4.69, 9.17) is 0 Å². The molecule has 21 heavy (non-hydrogen) atoms. The van der Waals surface area contributed by atoms with E-state index in [1.807, 2.05) is 0 Å². The van der Waals surface area contributed by atoms with Gasteiger partial charge < -0.3 is 4.90 Å². The number of likely N-dealkylation sites (tertiary alicyclic amines) is 1. The third-order valence-corrected chi connectivity index (χ3v) is 4.86. The van der Waals surface area contributed by atoms with E-state index in [0.29, 0.717) is 5.92 Å². The van der Waals surface area contributed by atoms with Crippen LogP contribution >= 0.6 is 0 Å². The van der Waals surface area contributed by atoms with Crippen molar-refractivity contribution in [3.05, 3.63) is 53.6 Å². The average Bonchev–Trinajstić information content (AvgIpc) is 3.02. The lowest BCUT2D eigenvalue weighted by atomic mass is 9.88. The van der Waals surface area contributed by atoms with E-state index >= 15 is 0 Å². The van der Waals surface area contributed by atoms with Crippen molar-refractivity contribution < 1.29 is 0 Å². The van der Waals surface area contributed by atoms with Crippen LogP contribution in [0.1, 0.15) is 43.7 Å². The van der Waals surface area contributed by atoms with Crippen LogP contribution in [0.2, 0.25) is 0 Å². The van der Waals surface area contributed by atoms with Gasteiger partial charge in [-0.05, 0) is 74.4 Å². The maximum Gasteiger partial charge on any atom is -0.00156 e. The van der Waals surface area contributed by atoms with Crippen LogP contribution in [0.25, 0.3) is 5.57 Å². The molecule has 1 atom stereocenters. The van der Waals surface area contributed by atoms with Crippen LogP contribution in [0.15, 0.2) is 42.5 Å². The van der Waals surface area contributed by atoms with Crippen molar-refractivity contribution in [2.24, 2.45) is 5.92 Å². The highest BCUT2D eigenvalue weighted by molar-refractivity contribution is 5.70. The third-order valence-electron chi connectivity index (χ3n) is 4.86. The van der Waals surface area contributed by atoms with Gasteiger partial charge in [0, 0.05) is 0 Å². The minimum atomic E-state index is 0.649. The van der Waals surface area contributed by atoms with Gasteiger partial charge in [0.2, 0.25) is 0 Å². The quantitative estimate of drug-likeness (QED) is 0.756. The minimum absolute atomic E-state index is 0.649. The molecule has 1 nitrogen and oxygen atoms in total. The van der Waals surface area contributed by atoms with Crippen molar-refractivity contribution in [2.45, 2.75) is 39.0 Å². The summed E-state index contributed by atoms with van der Waals surface area (Å²) in [4.78, 5) is 2.61. The molecule has 0 amide bonds. The molecule has 0 spiro atoms. The lowest BCUT2D eigenvalue weighted by Gasteiger charge is -2.18. The van der Waals surface area contributed by atoms with Gasteiger partial charge in [-0.3, -0.25) is 0 Å². The molecule has 2 aliphatic rings. The van der Waals surface area contributed by atoms with Crippen molar-refractivity contribution in [3.63, 3.8) is 0 Å². The molecule has 1 heterocycles. The predicted octanol–water partition coefficient (Wildman–Crippen LogP) is 4.69. The van der Waals surface area contributed by atoms with Crippen LogP contribution in [0, 0.1) is 5.92 Å². The Morgan fingerprint density at radius 1 is 1.10 bits per heavy atom. The topological polar surface area (TPSA) is 3.24 Å². The largest absolute Gasteiger partial charge is 0.303 e. The number of nitrogens with zero attached hydrogens (tertiary/aromatic N) is 1. The standard InChI is InChI=1S/C20H27N/c1-17-7-2-3-9-20(17)19-12-10-18(11-13-19)8-6-16-21-14-4-5-15-21/h2-3,9-13,17H,4-8,14-16H2,1H3. The maximum absolute atomic E-state index is 2.61. The molecule has 1 aromatic rings. The Labute approximate surface area is 129 Å². The number of benzene rings is 1. The van der Waals surface area contributed by atoms with Gasteiger partial charge in [-0.15, -0.1) is 0 Å². The van der Waals surface area contributed by atoms with Gasteiger partial charge >= 0.3 is 0 Å². The molecule has 1 fully saturated rings. The Hall–Kier alpha value is -1.34. The number of hydrogen-bond donors (Lipinski definition) is 0. The van der Waals surface area contributed by atoms with Crippen LogP contribution in [0.3, 0.4) is 0 Å². The molecule has 1 aromatic carbocycles. The maximum atomic E-state index is 2.61. The lowest BCUT2D eigenvalue weighted by molar-refractivity contribution is 0.334. The van der Waals surface area contributed by atoms with Crippen molar-refractivity contribution >= 4 is 5.57 Å². The van der Waals surface area contributed by atoms with E-state index in [9.17, 15) is 0 Å². The number of hydrogen-bond acceptors (Lipinski definition) is 1. The Kier molecular flexibility index (Phi) is 4.92. The second kappa shape index (κ2) is 7.09.